The van der Waals surface area contributed by atoms with Crippen LogP contribution in [-0.2, 0) is 6.42 Å². The van der Waals surface area contributed by atoms with Gasteiger partial charge in [0.1, 0.15) is 6.33 Å². The van der Waals surface area contributed by atoms with Crippen LogP contribution in [0.3, 0.4) is 0 Å². The second-order valence-electron chi connectivity index (χ2n) is 6.03. The Bertz CT molecular complexity index is 436. The van der Waals surface area contributed by atoms with E-state index in [1.54, 1.807) is 0 Å². The summed E-state index contributed by atoms with van der Waals surface area (Å²) in [7, 11) is 0. The standard InChI is InChI=1S/C15H25FN4/c1-4-13-14(16)15(19-10-18-13)17-7-12-5-6-20(9-12)8-11(2)3/h10-12H,4-9H2,1-3H3,(H,17,18,19). The molecule has 4 nitrogen and oxygen atoms in total. The van der Waals surface area contributed by atoms with E-state index < -0.39 is 0 Å². The molecule has 0 spiro atoms. The van der Waals surface area contributed by atoms with E-state index in [-0.39, 0.29) is 5.82 Å². The normalized spacial score (nSPS) is 19.8. The average Bonchev–Trinajstić information content (AvgIpc) is 2.84. The lowest BCUT2D eigenvalue weighted by Gasteiger charge is -2.18. The summed E-state index contributed by atoms with van der Waals surface area (Å²) in [5, 5.41) is 3.15. The third kappa shape index (κ3) is 3.88. The Morgan fingerprint density at radius 1 is 1.45 bits per heavy atom. The van der Waals surface area contributed by atoms with Crippen molar-refractivity contribution in [2.75, 3.05) is 31.5 Å². The molecule has 0 aliphatic carbocycles. The van der Waals surface area contributed by atoms with Gasteiger partial charge in [-0.15, -0.1) is 0 Å². The van der Waals surface area contributed by atoms with Gasteiger partial charge >= 0.3 is 0 Å². The Balaban J connectivity index is 1.84. The number of rotatable bonds is 6. The Hall–Kier alpha value is -1.23. The number of aromatic nitrogens is 2. The molecule has 5 heteroatoms. The number of anilines is 1. The highest BCUT2D eigenvalue weighted by Gasteiger charge is 2.23. The molecule has 0 saturated carbocycles. The predicted molar refractivity (Wildman–Crippen MR) is 79.2 cm³/mol. The number of halogens is 1. The SMILES string of the molecule is CCc1ncnc(NCC2CCN(CC(C)C)C2)c1F. The summed E-state index contributed by atoms with van der Waals surface area (Å²) in [6.45, 7) is 10.6. The topological polar surface area (TPSA) is 41.1 Å². The van der Waals surface area contributed by atoms with Gasteiger partial charge in [-0.1, -0.05) is 20.8 Å². The van der Waals surface area contributed by atoms with Crippen molar-refractivity contribution in [3.8, 4) is 0 Å². The van der Waals surface area contributed by atoms with Crippen molar-refractivity contribution in [2.45, 2.75) is 33.6 Å². The summed E-state index contributed by atoms with van der Waals surface area (Å²) in [5.74, 6) is 1.33. The summed E-state index contributed by atoms with van der Waals surface area (Å²) >= 11 is 0. The molecule has 0 bridgehead atoms. The van der Waals surface area contributed by atoms with E-state index in [1.807, 2.05) is 6.92 Å². The van der Waals surface area contributed by atoms with Crippen molar-refractivity contribution in [1.82, 2.24) is 14.9 Å². The number of aryl methyl sites for hydroxylation is 1. The third-order valence-corrected chi connectivity index (χ3v) is 3.75. The van der Waals surface area contributed by atoms with E-state index in [0.717, 1.165) is 26.2 Å². The van der Waals surface area contributed by atoms with Crippen LogP contribution >= 0.6 is 0 Å². The van der Waals surface area contributed by atoms with Crippen molar-refractivity contribution in [3.63, 3.8) is 0 Å². The first-order chi connectivity index (χ1) is 9.60. The minimum Gasteiger partial charge on any atom is -0.367 e. The van der Waals surface area contributed by atoms with Crippen LogP contribution in [0.1, 0.15) is 32.9 Å². The second-order valence-corrected chi connectivity index (χ2v) is 6.03. The summed E-state index contributed by atoms with van der Waals surface area (Å²) in [4.78, 5) is 10.4. The van der Waals surface area contributed by atoms with E-state index in [4.69, 9.17) is 0 Å². The molecular weight excluding hydrogens is 255 g/mol. The van der Waals surface area contributed by atoms with Gasteiger partial charge in [0.15, 0.2) is 11.6 Å². The van der Waals surface area contributed by atoms with Crippen molar-refractivity contribution in [3.05, 3.63) is 17.8 Å². The van der Waals surface area contributed by atoms with Gasteiger partial charge in [0.2, 0.25) is 0 Å². The summed E-state index contributed by atoms with van der Waals surface area (Å²) in [6, 6.07) is 0. The Kier molecular flexibility index (Phi) is 5.29. The number of nitrogens with one attached hydrogen (secondary N) is 1. The van der Waals surface area contributed by atoms with Crippen LogP contribution in [0.5, 0.6) is 0 Å². The zero-order valence-corrected chi connectivity index (χ0v) is 12.7. The molecule has 0 amide bonds. The van der Waals surface area contributed by atoms with Crippen molar-refractivity contribution >= 4 is 5.82 Å². The largest absolute Gasteiger partial charge is 0.367 e. The van der Waals surface area contributed by atoms with Crippen molar-refractivity contribution in [1.29, 1.82) is 0 Å². The molecule has 1 aliphatic rings. The molecule has 112 valence electrons. The van der Waals surface area contributed by atoms with Crippen LogP contribution in [0, 0.1) is 17.7 Å². The Morgan fingerprint density at radius 3 is 2.95 bits per heavy atom. The molecule has 2 rings (SSSR count). The van der Waals surface area contributed by atoms with Crippen LogP contribution in [0.2, 0.25) is 0 Å². The van der Waals surface area contributed by atoms with Gasteiger partial charge in [-0.3, -0.25) is 0 Å². The minimum absolute atomic E-state index is 0.299. The highest BCUT2D eigenvalue weighted by Crippen LogP contribution is 2.19. The van der Waals surface area contributed by atoms with Crippen LogP contribution in [-0.4, -0.2) is 41.0 Å². The highest BCUT2D eigenvalue weighted by molar-refractivity contribution is 5.37. The van der Waals surface area contributed by atoms with Gasteiger partial charge in [0.25, 0.3) is 0 Å². The lowest BCUT2D eigenvalue weighted by Crippen LogP contribution is -2.26. The van der Waals surface area contributed by atoms with E-state index >= 15 is 0 Å². The number of nitrogens with zero attached hydrogens (tertiary/aromatic N) is 3. The smallest absolute Gasteiger partial charge is 0.186 e. The maximum atomic E-state index is 14.0. The summed E-state index contributed by atoms with van der Waals surface area (Å²) < 4.78 is 14.0. The zero-order valence-electron chi connectivity index (χ0n) is 12.7. The monoisotopic (exact) mass is 280 g/mol. The van der Waals surface area contributed by atoms with E-state index in [0.29, 0.717) is 29.8 Å². The fourth-order valence-electron chi connectivity index (χ4n) is 2.78. The molecule has 1 atom stereocenters. The second kappa shape index (κ2) is 6.97. The van der Waals surface area contributed by atoms with Crippen molar-refractivity contribution < 1.29 is 4.39 Å². The number of hydrogen-bond donors (Lipinski definition) is 1. The molecule has 1 N–H and O–H groups in total. The van der Waals surface area contributed by atoms with Crippen LogP contribution in [0.15, 0.2) is 6.33 Å². The van der Waals surface area contributed by atoms with Gasteiger partial charge in [-0.05, 0) is 31.2 Å². The molecular formula is C15H25FN4. The first-order valence-electron chi connectivity index (χ1n) is 7.55. The van der Waals surface area contributed by atoms with Gasteiger partial charge < -0.3 is 10.2 Å². The third-order valence-electron chi connectivity index (χ3n) is 3.75. The molecule has 1 aliphatic heterocycles. The molecule has 20 heavy (non-hydrogen) atoms. The maximum absolute atomic E-state index is 14.0. The van der Waals surface area contributed by atoms with Gasteiger partial charge in [0, 0.05) is 19.6 Å². The fraction of sp³-hybridized carbons (Fsp3) is 0.733. The lowest BCUT2D eigenvalue weighted by molar-refractivity contribution is 0.289. The van der Waals surface area contributed by atoms with E-state index in [2.05, 4.69) is 34.0 Å². The fourth-order valence-corrected chi connectivity index (χ4v) is 2.78. The number of hydrogen-bond acceptors (Lipinski definition) is 4. The molecule has 0 aromatic carbocycles. The van der Waals surface area contributed by atoms with Gasteiger partial charge in [-0.25, -0.2) is 14.4 Å². The van der Waals surface area contributed by atoms with Crippen LogP contribution < -0.4 is 5.32 Å². The average molecular weight is 280 g/mol. The first kappa shape index (κ1) is 15.2. The van der Waals surface area contributed by atoms with Gasteiger partial charge in [0.05, 0.1) is 5.69 Å². The molecule has 1 unspecified atom stereocenters. The molecule has 1 aromatic rings. The molecule has 1 aromatic heterocycles. The van der Waals surface area contributed by atoms with Crippen LogP contribution in [0.4, 0.5) is 10.2 Å². The van der Waals surface area contributed by atoms with Gasteiger partial charge in [-0.2, -0.15) is 0 Å². The predicted octanol–water partition coefficient (Wildman–Crippen LogP) is 2.57. The summed E-state index contributed by atoms with van der Waals surface area (Å²) in [6.07, 6.45) is 3.20. The minimum atomic E-state index is -0.299. The molecule has 2 heterocycles. The summed E-state index contributed by atoms with van der Waals surface area (Å²) in [5.41, 5.74) is 0.482. The maximum Gasteiger partial charge on any atom is 0.186 e. The van der Waals surface area contributed by atoms with Crippen molar-refractivity contribution in [2.24, 2.45) is 11.8 Å². The highest BCUT2D eigenvalue weighted by atomic mass is 19.1. The Labute approximate surface area is 120 Å². The lowest BCUT2D eigenvalue weighted by atomic mass is 10.1. The van der Waals surface area contributed by atoms with Crippen LogP contribution in [0.25, 0.3) is 0 Å². The first-order valence-corrected chi connectivity index (χ1v) is 7.55. The Morgan fingerprint density at radius 2 is 2.25 bits per heavy atom. The molecule has 1 saturated heterocycles. The van der Waals surface area contributed by atoms with E-state index in [1.165, 1.54) is 12.7 Å². The molecule has 0 radical (unpaired) electrons. The molecule has 1 fully saturated rings. The van der Waals surface area contributed by atoms with E-state index in [9.17, 15) is 4.39 Å². The quantitative estimate of drug-likeness (QED) is 0.869. The zero-order chi connectivity index (χ0) is 14.5. The number of likely N-dealkylation sites (tertiary alicyclic amines) is 1.